The number of aromatic nitrogens is 4. The third-order valence-corrected chi connectivity index (χ3v) is 4.56. The van der Waals surface area contributed by atoms with Crippen molar-refractivity contribution in [3.8, 4) is 0 Å². The van der Waals surface area contributed by atoms with Gasteiger partial charge in [-0.05, 0) is 18.4 Å². The Morgan fingerprint density at radius 2 is 2.36 bits per heavy atom. The van der Waals surface area contributed by atoms with E-state index in [9.17, 15) is 4.79 Å². The lowest BCUT2D eigenvalue weighted by molar-refractivity contribution is 0.0945. The summed E-state index contributed by atoms with van der Waals surface area (Å²) in [5.74, 6) is 0.950. The van der Waals surface area contributed by atoms with E-state index in [1.807, 2.05) is 19.9 Å². The van der Waals surface area contributed by atoms with Crippen molar-refractivity contribution >= 4 is 11.7 Å². The number of carbonyl (C=O) groups excluding carboxylic acids is 1. The average Bonchev–Trinajstić information content (AvgIpc) is 3.27. The minimum atomic E-state index is -0.110. The maximum Gasteiger partial charge on any atom is 0.254 e. The van der Waals surface area contributed by atoms with Crippen LogP contribution in [0.2, 0.25) is 0 Å². The molecule has 2 atom stereocenters. The summed E-state index contributed by atoms with van der Waals surface area (Å²) in [6, 6.07) is 2.00. The van der Waals surface area contributed by atoms with Gasteiger partial charge in [-0.15, -0.1) is 0 Å². The van der Waals surface area contributed by atoms with Crippen LogP contribution >= 0.6 is 0 Å². The zero-order valence-corrected chi connectivity index (χ0v) is 14.8. The zero-order valence-electron chi connectivity index (χ0n) is 14.8. The molecule has 0 bridgehead atoms. The van der Waals surface area contributed by atoms with E-state index in [0.717, 1.165) is 24.5 Å². The highest BCUT2D eigenvalue weighted by Gasteiger charge is 2.33. The molecule has 3 rings (SSSR count). The van der Waals surface area contributed by atoms with Gasteiger partial charge in [0, 0.05) is 26.4 Å². The minimum Gasteiger partial charge on any atom is -0.380 e. The first-order valence-corrected chi connectivity index (χ1v) is 8.47. The molecule has 1 amide bonds. The second-order valence-electron chi connectivity index (χ2n) is 6.53. The van der Waals surface area contributed by atoms with Crippen LogP contribution in [0, 0.1) is 0 Å². The van der Waals surface area contributed by atoms with Gasteiger partial charge in [0.15, 0.2) is 0 Å². The number of H-pyrrole nitrogens is 1. The number of anilines is 1. The number of rotatable bonds is 6. The average molecular weight is 344 g/mol. The quantitative estimate of drug-likeness (QED) is 0.821. The van der Waals surface area contributed by atoms with E-state index in [2.05, 4.69) is 30.4 Å². The van der Waals surface area contributed by atoms with Gasteiger partial charge in [0.1, 0.15) is 12.1 Å². The van der Waals surface area contributed by atoms with Gasteiger partial charge in [0.2, 0.25) is 0 Å². The molecule has 2 aromatic rings. The Morgan fingerprint density at radius 3 is 3.04 bits per heavy atom. The van der Waals surface area contributed by atoms with Crippen molar-refractivity contribution in [2.24, 2.45) is 0 Å². The smallest absolute Gasteiger partial charge is 0.254 e. The second-order valence-corrected chi connectivity index (χ2v) is 6.53. The van der Waals surface area contributed by atoms with Crippen molar-refractivity contribution in [1.29, 1.82) is 0 Å². The van der Waals surface area contributed by atoms with Crippen molar-refractivity contribution in [1.82, 2.24) is 25.5 Å². The summed E-state index contributed by atoms with van der Waals surface area (Å²) in [6.45, 7) is 5.32. The summed E-state index contributed by atoms with van der Waals surface area (Å²) in [4.78, 5) is 23.0. The first-order valence-electron chi connectivity index (χ1n) is 8.47. The number of nitrogens with one attached hydrogen (secondary N) is 2. The predicted octanol–water partition coefficient (Wildman–Crippen LogP) is 1.35. The Balaban J connectivity index is 1.68. The molecule has 2 aromatic heterocycles. The summed E-state index contributed by atoms with van der Waals surface area (Å²) >= 11 is 0. The van der Waals surface area contributed by atoms with Crippen LogP contribution in [0.15, 0.2) is 24.8 Å². The van der Waals surface area contributed by atoms with Gasteiger partial charge in [-0.25, -0.2) is 9.97 Å². The lowest BCUT2D eigenvalue weighted by Crippen LogP contribution is -2.40. The van der Waals surface area contributed by atoms with Crippen LogP contribution < -0.4 is 10.2 Å². The summed E-state index contributed by atoms with van der Waals surface area (Å²) in [7, 11) is 1.71. The van der Waals surface area contributed by atoms with Crippen molar-refractivity contribution in [2.45, 2.75) is 38.3 Å². The fourth-order valence-corrected chi connectivity index (χ4v) is 3.20. The lowest BCUT2D eigenvalue weighted by atomic mass is 10.1. The Labute approximate surface area is 147 Å². The van der Waals surface area contributed by atoms with Gasteiger partial charge in [-0.3, -0.25) is 9.89 Å². The molecule has 25 heavy (non-hydrogen) atoms. The number of hydrogen-bond donors (Lipinski definition) is 2. The van der Waals surface area contributed by atoms with Crippen molar-refractivity contribution in [3.63, 3.8) is 0 Å². The molecule has 0 spiro atoms. The van der Waals surface area contributed by atoms with E-state index in [1.165, 1.54) is 6.33 Å². The minimum absolute atomic E-state index is 0.110. The van der Waals surface area contributed by atoms with E-state index >= 15 is 0 Å². The summed E-state index contributed by atoms with van der Waals surface area (Å²) < 4.78 is 5.51. The lowest BCUT2D eigenvalue weighted by Gasteiger charge is -2.25. The van der Waals surface area contributed by atoms with E-state index < -0.39 is 0 Å². The van der Waals surface area contributed by atoms with Gasteiger partial charge in [-0.2, -0.15) is 5.10 Å². The normalized spacial score (nSPS) is 20.2. The standard InChI is InChI=1S/C17H24N6O2/c1-11(2)16-14(8-21-22-16)17(24)19-7-12-6-13(25-3)9-23(12)15-4-5-18-10-20-15/h4-5,8,10-13H,6-7,9H2,1-3H3,(H,19,24)(H,21,22)/t12-,13-/m1/s1. The van der Waals surface area contributed by atoms with Crippen LogP contribution in [-0.2, 0) is 4.74 Å². The molecule has 1 aliphatic heterocycles. The van der Waals surface area contributed by atoms with Crippen molar-refractivity contribution in [3.05, 3.63) is 36.0 Å². The zero-order chi connectivity index (χ0) is 17.8. The molecule has 2 N–H and O–H groups in total. The van der Waals surface area contributed by atoms with Gasteiger partial charge in [-0.1, -0.05) is 13.8 Å². The molecule has 0 aromatic carbocycles. The van der Waals surface area contributed by atoms with Crippen LogP contribution in [0.25, 0.3) is 0 Å². The Hall–Kier alpha value is -2.48. The summed E-state index contributed by atoms with van der Waals surface area (Å²) in [6.07, 6.45) is 5.80. The molecule has 1 fully saturated rings. The number of hydrogen-bond acceptors (Lipinski definition) is 6. The van der Waals surface area contributed by atoms with Crippen LogP contribution in [0.3, 0.4) is 0 Å². The highest BCUT2D eigenvalue weighted by molar-refractivity contribution is 5.95. The van der Waals surface area contributed by atoms with E-state index in [1.54, 1.807) is 19.5 Å². The fraction of sp³-hybridized carbons (Fsp3) is 0.529. The number of nitrogens with zero attached hydrogens (tertiary/aromatic N) is 4. The van der Waals surface area contributed by atoms with Crippen LogP contribution in [0.1, 0.15) is 42.2 Å². The van der Waals surface area contributed by atoms with E-state index in [4.69, 9.17) is 4.74 Å². The molecule has 8 heteroatoms. The van der Waals surface area contributed by atoms with Crippen LogP contribution in [-0.4, -0.2) is 58.4 Å². The van der Waals surface area contributed by atoms with Crippen molar-refractivity contribution in [2.75, 3.05) is 25.1 Å². The molecule has 0 aliphatic carbocycles. The van der Waals surface area contributed by atoms with Crippen LogP contribution in [0.4, 0.5) is 5.82 Å². The third kappa shape index (κ3) is 3.79. The first-order chi connectivity index (χ1) is 12.1. The second kappa shape index (κ2) is 7.60. The Bertz CT molecular complexity index is 702. The van der Waals surface area contributed by atoms with E-state index in [0.29, 0.717) is 12.1 Å². The Morgan fingerprint density at radius 1 is 1.52 bits per heavy atom. The van der Waals surface area contributed by atoms with E-state index in [-0.39, 0.29) is 24.0 Å². The molecule has 0 unspecified atom stereocenters. The number of aromatic amines is 1. The summed E-state index contributed by atoms with van der Waals surface area (Å²) in [5.41, 5.74) is 1.45. The molecule has 1 aliphatic rings. The maximum atomic E-state index is 12.5. The molecular weight excluding hydrogens is 320 g/mol. The maximum absolute atomic E-state index is 12.5. The highest BCUT2D eigenvalue weighted by Crippen LogP contribution is 2.25. The topological polar surface area (TPSA) is 96.0 Å². The molecule has 134 valence electrons. The monoisotopic (exact) mass is 344 g/mol. The Kier molecular flexibility index (Phi) is 5.28. The first kappa shape index (κ1) is 17.3. The SMILES string of the molecule is CO[C@@H]1C[C@H](CNC(=O)c2cn[nH]c2C(C)C)N(c2ccncn2)C1. The molecule has 0 radical (unpaired) electrons. The number of carbonyl (C=O) groups is 1. The third-order valence-electron chi connectivity index (χ3n) is 4.56. The predicted molar refractivity (Wildman–Crippen MR) is 93.6 cm³/mol. The van der Waals surface area contributed by atoms with Crippen molar-refractivity contribution < 1.29 is 9.53 Å². The molecule has 8 nitrogen and oxygen atoms in total. The molecule has 1 saturated heterocycles. The number of methoxy groups -OCH3 is 1. The van der Waals surface area contributed by atoms with Gasteiger partial charge >= 0.3 is 0 Å². The number of amides is 1. The van der Waals surface area contributed by atoms with Gasteiger partial charge in [0.05, 0.1) is 29.6 Å². The van der Waals surface area contributed by atoms with Gasteiger partial charge in [0.25, 0.3) is 5.91 Å². The molecule has 3 heterocycles. The fourth-order valence-electron chi connectivity index (χ4n) is 3.20. The largest absolute Gasteiger partial charge is 0.380 e. The van der Waals surface area contributed by atoms with Crippen LogP contribution in [0.5, 0.6) is 0 Å². The summed E-state index contributed by atoms with van der Waals surface area (Å²) in [5, 5.41) is 9.93. The molecular formula is C17H24N6O2. The molecule has 0 saturated carbocycles. The van der Waals surface area contributed by atoms with Gasteiger partial charge < -0.3 is 15.0 Å². The number of ether oxygens (including phenoxy) is 1. The highest BCUT2D eigenvalue weighted by atomic mass is 16.5.